The number of nitrogens with one attached hydrogen (secondary N) is 1. The fraction of sp³-hybridized carbons (Fsp3) is 0.238. The molecule has 4 nitrogen and oxygen atoms in total. The monoisotopic (exact) mass is 385 g/mol. The first-order chi connectivity index (χ1) is 12.8. The number of anilines is 2. The van der Waals surface area contributed by atoms with Crippen molar-refractivity contribution in [2.24, 2.45) is 0 Å². The van der Waals surface area contributed by atoms with Gasteiger partial charge in [-0.25, -0.2) is 9.37 Å². The van der Waals surface area contributed by atoms with Crippen LogP contribution < -0.4 is 5.32 Å². The predicted molar refractivity (Wildman–Crippen MR) is 108 cm³/mol. The Hall–Kier alpha value is -2.66. The summed E-state index contributed by atoms with van der Waals surface area (Å²) in [6.07, 6.45) is 1.52. The summed E-state index contributed by atoms with van der Waals surface area (Å²) in [5.74, 6) is 0.0710. The van der Waals surface area contributed by atoms with Crippen molar-refractivity contribution >= 4 is 39.8 Å². The molecular formula is C21H21ClFN3O. The topological polar surface area (TPSA) is 45.2 Å². The second kappa shape index (κ2) is 7.53. The van der Waals surface area contributed by atoms with Gasteiger partial charge in [0.15, 0.2) is 0 Å². The number of carbonyl (C=O) groups excluding carboxylic acids is 1. The Morgan fingerprint density at radius 2 is 1.93 bits per heavy atom. The van der Waals surface area contributed by atoms with Crippen LogP contribution in [0.5, 0.6) is 0 Å². The van der Waals surface area contributed by atoms with E-state index in [9.17, 15) is 9.18 Å². The first-order valence-electron chi connectivity index (χ1n) is 8.67. The summed E-state index contributed by atoms with van der Waals surface area (Å²) in [5, 5.41) is 4.96. The zero-order valence-corrected chi connectivity index (χ0v) is 16.4. The van der Waals surface area contributed by atoms with Gasteiger partial charge < -0.3 is 10.2 Å². The molecule has 2 aromatic carbocycles. The van der Waals surface area contributed by atoms with Crippen LogP contribution in [0.4, 0.5) is 15.9 Å². The van der Waals surface area contributed by atoms with Crippen LogP contribution in [0.2, 0.25) is 5.02 Å². The Morgan fingerprint density at radius 1 is 1.22 bits per heavy atom. The molecule has 6 heteroatoms. The lowest BCUT2D eigenvalue weighted by Crippen LogP contribution is -2.33. The lowest BCUT2D eigenvalue weighted by Gasteiger charge is -2.23. The Morgan fingerprint density at radius 3 is 2.63 bits per heavy atom. The molecule has 27 heavy (non-hydrogen) atoms. The Kier molecular flexibility index (Phi) is 5.33. The van der Waals surface area contributed by atoms with Gasteiger partial charge >= 0.3 is 0 Å². The number of amides is 1. The van der Waals surface area contributed by atoms with E-state index in [0.717, 1.165) is 0 Å². The lowest BCUT2D eigenvalue weighted by atomic mass is 10.0. The van der Waals surface area contributed by atoms with Crippen molar-refractivity contribution in [3.05, 3.63) is 64.6 Å². The summed E-state index contributed by atoms with van der Waals surface area (Å²) < 4.78 is 13.9. The smallest absolute Gasteiger partial charge is 0.256 e. The highest BCUT2D eigenvalue weighted by atomic mass is 35.5. The number of rotatable bonds is 4. The molecule has 3 rings (SSSR count). The molecule has 0 spiro atoms. The lowest BCUT2D eigenvalue weighted by molar-refractivity contribution is 0.0756. The molecule has 140 valence electrons. The number of nitrogens with zero attached hydrogens (tertiary/aromatic N) is 2. The zero-order chi connectivity index (χ0) is 19.7. The molecule has 1 heterocycles. The number of aromatic nitrogens is 1. The molecule has 0 aliphatic carbocycles. The fourth-order valence-electron chi connectivity index (χ4n) is 2.82. The normalized spacial score (nSPS) is 11.1. The van der Waals surface area contributed by atoms with Crippen LogP contribution in [-0.2, 0) is 0 Å². The van der Waals surface area contributed by atoms with Crippen LogP contribution >= 0.6 is 11.6 Å². The third-order valence-corrected chi connectivity index (χ3v) is 5.02. The first kappa shape index (κ1) is 19.1. The van der Waals surface area contributed by atoms with Crippen LogP contribution in [0.3, 0.4) is 0 Å². The average molecular weight is 386 g/mol. The van der Waals surface area contributed by atoms with Gasteiger partial charge in [0.2, 0.25) is 0 Å². The van der Waals surface area contributed by atoms with Crippen LogP contribution in [0, 0.1) is 12.7 Å². The fourth-order valence-corrected chi connectivity index (χ4v) is 3.09. The highest BCUT2D eigenvalue weighted by Gasteiger charge is 2.21. The second-order valence-electron chi connectivity index (χ2n) is 6.73. The van der Waals surface area contributed by atoms with Crippen LogP contribution in [0.15, 0.2) is 42.6 Å². The minimum atomic E-state index is -0.298. The van der Waals surface area contributed by atoms with Gasteiger partial charge in [0.1, 0.15) is 11.6 Å². The summed E-state index contributed by atoms with van der Waals surface area (Å²) in [7, 11) is 1.75. The van der Waals surface area contributed by atoms with Crippen molar-refractivity contribution in [1.82, 2.24) is 9.88 Å². The molecule has 0 aliphatic rings. The molecule has 1 N–H and O–H groups in total. The number of pyridine rings is 1. The minimum Gasteiger partial charge on any atom is -0.339 e. The molecule has 0 saturated carbocycles. The van der Waals surface area contributed by atoms with Gasteiger partial charge in [-0.15, -0.1) is 0 Å². The molecular weight excluding hydrogens is 365 g/mol. The van der Waals surface area contributed by atoms with Crippen molar-refractivity contribution < 1.29 is 9.18 Å². The molecule has 0 fully saturated rings. The molecule has 0 bridgehead atoms. The van der Waals surface area contributed by atoms with E-state index in [1.54, 1.807) is 43.1 Å². The number of carbonyl (C=O) groups is 1. The predicted octanol–water partition coefficient (Wildman–Crippen LogP) is 5.56. The van der Waals surface area contributed by atoms with Gasteiger partial charge in [-0.1, -0.05) is 29.8 Å². The Balaban J connectivity index is 2.15. The maximum atomic E-state index is 13.9. The largest absolute Gasteiger partial charge is 0.339 e. The van der Waals surface area contributed by atoms with E-state index < -0.39 is 0 Å². The van der Waals surface area contributed by atoms with Gasteiger partial charge in [-0.2, -0.15) is 0 Å². The Bertz CT molecular complexity index is 1020. The SMILES string of the molecule is Cc1c(F)cccc1Nc1ncc(C(=O)N(C)C(C)C)c2c(Cl)cccc12. The standard InChI is InChI=1S/C21H21ClFN3O/c1-12(2)26(4)21(27)15-11-24-20(14-7-5-8-16(22)19(14)15)25-18-10-6-9-17(23)13(18)3/h5-12H,1-4H3,(H,24,25). The number of benzene rings is 2. The third kappa shape index (κ3) is 3.60. The van der Waals surface area contributed by atoms with E-state index in [-0.39, 0.29) is 17.8 Å². The molecule has 0 atom stereocenters. The third-order valence-electron chi connectivity index (χ3n) is 4.71. The molecule has 1 aromatic heterocycles. The van der Waals surface area contributed by atoms with E-state index in [4.69, 9.17) is 11.6 Å². The maximum Gasteiger partial charge on any atom is 0.256 e. The van der Waals surface area contributed by atoms with Gasteiger partial charge in [-0.3, -0.25) is 4.79 Å². The Labute approximate surface area is 163 Å². The summed E-state index contributed by atoms with van der Waals surface area (Å²) in [6.45, 7) is 5.58. The summed E-state index contributed by atoms with van der Waals surface area (Å²) in [6, 6.07) is 10.3. The van der Waals surface area contributed by atoms with E-state index in [1.165, 1.54) is 12.3 Å². The quantitative estimate of drug-likeness (QED) is 0.639. The zero-order valence-electron chi connectivity index (χ0n) is 15.7. The van der Waals surface area contributed by atoms with Gasteiger partial charge in [0.05, 0.1) is 5.56 Å². The molecule has 0 aliphatic heterocycles. The molecule has 0 saturated heterocycles. The van der Waals surface area contributed by atoms with Crippen molar-refractivity contribution in [2.75, 3.05) is 12.4 Å². The van der Waals surface area contributed by atoms with E-state index in [2.05, 4.69) is 10.3 Å². The van der Waals surface area contributed by atoms with Gasteiger partial charge in [0, 0.05) is 46.3 Å². The number of hydrogen-bond donors (Lipinski definition) is 1. The van der Waals surface area contributed by atoms with Crippen molar-refractivity contribution in [1.29, 1.82) is 0 Å². The minimum absolute atomic E-state index is 0.0442. The van der Waals surface area contributed by atoms with Crippen LogP contribution in [-0.4, -0.2) is 28.9 Å². The van der Waals surface area contributed by atoms with E-state index in [0.29, 0.717) is 38.4 Å². The van der Waals surface area contributed by atoms with Crippen molar-refractivity contribution in [3.8, 4) is 0 Å². The van der Waals surface area contributed by atoms with Crippen LogP contribution in [0.1, 0.15) is 29.8 Å². The van der Waals surface area contributed by atoms with Crippen LogP contribution in [0.25, 0.3) is 10.8 Å². The first-order valence-corrected chi connectivity index (χ1v) is 9.05. The van der Waals surface area contributed by atoms with E-state index in [1.807, 2.05) is 19.9 Å². The number of hydrogen-bond acceptors (Lipinski definition) is 3. The van der Waals surface area contributed by atoms with Crippen molar-refractivity contribution in [2.45, 2.75) is 26.8 Å². The highest BCUT2D eigenvalue weighted by molar-refractivity contribution is 6.37. The average Bonchev–Trinajstić information content (AvgIpc) is 2.64. The molecule has 1 amide bonds. The summed E-state index contributed by atoms with van der Waals surface area (Å²) >= 11 is 6.44. The number of fused-ring (bicyclic) bond motifs is 1. The van der Waals surface area contributed by atoms with Crippen molar-refractivity contribution in [3.63, 3.8) is 0 Å². The second-order valence-corrected chi connectivity index (χ2v) is 7.14. The molecule has 3 aromatic rings. The number of halogens is 2. The molecule has 0 unspecified atom stereocenters. The van der Waals surface area contributed by atoms with Gasteiger partial charge in [0.25, 0.3) is 5.91 Å². The molecule has 0 radical (unpaired) electrons. The summed E-state index contributed by atoms with van der Waals surface area (Å²) in [5.41, 5.74) is 1.55. The summed E-state index contributed by atoms with van der Waals surface area (Å²) in [4.78, 5) is 19.0. The van der Waals surface area contributed by atoms with E-state index >= 15 is 0 Å². The maximum absolute atomic E-state index is 13.9. The van der Waals surface area contributed by atoms with Gasteiger partial charge in [-0.05, 0) is 39.0 Å². The highest BCUT2D eigenvalue weighted by Crippen LogP contribution is 2.33.